The van der Waals surface area contributed by atoms with Gasteiger partial charge in [-0.15, -0.1) is 0 Å². The van der Waals surface area contributed by atoms with Crippen LogP contribution in [-0.4, -0.2) is 43.3 Å². The van der Waals surface area contributed by atoms with E-state index in [2.05, 4.69) is 24.0 Å². The van der Waals surface area contributed by atoms with E-state index in [1.54, 1.807) is 0 Å². The Morgan fingerprint density at radius 1 is 0.724 bits per heavy atom. The lowest BCUT2D eigenvalue weighted by Gasteiger charge is -2.19. The summed E-state index contributed by atoms with van der Waals surface area (Å²) in [5.41, 5.74) is 0. The first kappa shape index (κ1) is 28.4. The molecule has 0 heterocycles. The summed E-state index contributed by atoms with van der Waals surface area (Å²) in [5.74, 6) is -0.184. The van der Waals surface area contributed by atoms with E-state index in [0.29, 0.717) is 6.54 Å². The number of unbranched alkanes of at least 4 members (excludes halogenated alkanes) is 12. The van der Waals surface area contributed by atoms with Gasteiger partial charge in [-0.05, 0) is 45.6 Å². The van der Waals surface area contributed by atoms with E-state index in [4.69, 9.17) is 4.55 Å². The van der Waals surface area contributed by atoms with Crippen LogP contribution in [0.4, 0.5) is 0 Å². The fourth-order valence-electron chi connectivity index (χ4n) is 3.38. The third kappa shape index (κ3) is 23.5. The standard InChI is InChI=1S/C24H47NO3S/c1-3-5-7-8-9-10-11-12-13-14-15-16-17-18-19-20-22-25(21-6-4-2)23-24-29(26,27)28/h4,6,12-13H,3,5,7-11,14-24H2,1-2H3,(H,26,27,28). The molecule has 0 aliphatic carbocycles. The Labute approximate surface area is 181 Å². The summed E-state index contributed by atoms with van der Waals surface area (Å²) in [4.78, 5) is 2.10. The molecule has 29 heavy (non-hydrogen) atoms. The summed E-state index contributed by atoms with van der Waals surface area (Å²) >= 11 is 0. The molecule has 0 aromatic carbocycles. The predicted octanol–water partition coefficient (Wildman–Crippen LogP) is 6.79. The van der Waals surface area contributed by atoms with Crippen LogP contribution in [0, 0.1) is 0 Å². The molecular formula is C24H47NO3S. The monoisotopic (exact) mass is 429 g/mol. The van der Waals surface area contributed by atoms with Crippen molar-refractivity contribution in [3.63, 3.8) is 0 Å². The molecule has 0 saturated carbocycles. The third-order valence-electron chi connectivity index (χ3n) is 5.25. The van der Waals surface area contributed by atoms with Crippen LogP contribution in [0.2, 0.25) is 0 Å². The predicted molar refractivity (Wildman–Crippen MR) is 127 cm³/mol. The van der Waals surface area contributed by atoms with E-state index in [9.17, 15) is 8.42 Å². The van der Waals surface area contributed by atoms with Gasteiger partial charge in [0.1, 0.15) is 0 Å². The SMILES string of the molecule is CC=CCN(CCCCCCCCC=CCCCCCCCC)CCS(=O)(=O)O. The first-order valence-electron chi connectivity index (χ1n) is 11.9. The van der Waals surface area contributed by atoms with E-state index >= 15 is 0 Å². The van der Waals surface area contributed by atoms with Gasteiger partial charge in [-0.3, -0.25) is 9.45 Å². The fraction of sp³-hybridized carbons (Fsp3) is 0.833. The van der Waals surface area contributed by atoms with Gasteiger partial charge >= 0.3 is 0 Å². The maximum atomic E-state index is 10.9. The minimum Gasteiger partial charge on any atom is -0.299 e. The van der Waals surface area contributed by atoms with Crippen molar-refractivity contribution in [1.82, 2.24) is 4.90 Å². The van der Waals surface area contributed by atoms with Crippen molar-refractivity contribution < 1.29 is 13.0 Å². The Morgan fingerprint density at radius 2 is 1.24 bits per heavy atom. The van der Waals surface area contributed by atoms with Crippen molar-refractivity contribution in [2.75, 3.05) is 25.4 Å². The zero-order valence-electron chi connectivity index (χ0n) is 19.2. The summed E-state index contributed by atoms with van der Waals surface area (Å²) in [5, 5.41) is 0. The molecule has 5 heteroatoms. The van der Waals surface area contributed by atoms with Crippen LogP contribution >= 0.6 is 0 Å². The first-order chi connectivity index (χ1) is 14.0. The largest absolute Gasteiger partial charge is 0.299 e. The second-order valence-corrected chi connectivity index (χ2v) is 9.67. The molecule has 0 aliphatic rings. The number of hydrogen-bond donors (Lipinski definition) is 1. The maximum Gasteiger partial charge on any atom is 0.266 e. The van der Waals surface area contributed by atoms with Gasteiger partial charge in [-0.2, -0.15) is 8.42 Å². The van der Waals surface area contributed by atoms with Gasteiger partial charge in [0.05, 0.1) is 5.75 Å². The van der Waals surface area contributed by atoms with Gasteiger partial charge in [-0.25, -0.2) is 0 Å². The molecule has 0 radical (unpaired) electrons. The van der Waals surface area contributed by atoms with Gasteiger partial charge in [-0.1, -0.05) is 89.0 Å². The minimum atomic E-state index is -3.88. The molecular weight excluding hydrogens is 382 g/mol. The molecule has 0 fully saturated rings. The summed E-state index contributed by atoms with van der Waals surface area (Å²) < 4.78 is 30.8. The quantitative estimate of drug-likeness (QED) is 0.124. The molecule has 0 aromatic rings. The van der Waals surface area contributed by atoms with Crippen molar-refractivity contribution in [2.45, 2.75) is 104 Å². The van der Waals surface area contributed by atoms with E-state index in [1.165, 1.54) is 83.5 Å². The molecule has 0 unspecified atom stereocenters. The fourth-order valence-corrected chi connectivity index (χ4v) is 3.87. The summed E-state index contributed by atoms with van der Waals surface area (Å²) in [7, 11) is -3.88. The molecule has 0 atom stereocenters. The lowest BCUT2D eigenvalue weighted by Crippen LogP contribution is -2.30. The number of hydrogen-bond acceptors (Lipinski definition) is 3. The van der Waals surface area contributed by atoms with Gasteiger partial charge in [0.15, 0.2) is 0 Å². The Kier molecular flexibility index (Phi) is 20.2. The highest BCUT2D eigenvalue weighted by molar-refractivity contribution is 7.85. The lowest BCUT2D eigenvalue weighted by molar-refractivity contribution is 0.307. The highest BCUT2D eigenvalue weighted by Gasteiger charge is 2.09. The Balaban J connectivity index is 3.54. The normalized spacial score (nSPS) is 12.7. The van der Waals surface area contributed by atoms with Crippen LogP contribution in [0.3, 0.4) is 0 Å². The molecule has 0 bridgehead atoms. The molecule has 0 aromatic heterocycles. The lowest BCUT2D eigenvalue weighted by atomic mass is 10.1. The van der Waals surface area contributed by atoms with Crippen molar-refractivity contribution >= 4 is 10.1 Å². The van der Waals surface area contributed by atoms with E-state index in [1.807, 2.05) is 19.1 Å². The van der Waals surface area contributed by atoms with Crippen LogP contribution in [0.25, 0.3) is 0 Å². The van der Waals surface area contributed by atoms with Crippen LogP contribution in [0.15, 0.2) is 24.3 Å². The number of rotatable bonds is 21. The molecule has 1 N–H and O–H groups in total. The first-order valence-corrected chi connectivity index (χ1v) is 13.5. The second-order valence-electron chi connectivity index (χ2n) is 8.09. The summed E-state index contributed by atoms with van der Waals surface area (Å²) in [6.45, 7) is 6.26. The average Bonchev–Trinajstić information content (AvgIpc) is 2.68. The highest BCUT2D eigenvalue weighted by atomic mass is 32.2. The minimum absolute atomic E-state index is 0.184. The van der Waals surface area contributed by atoms with Gasteiger partial charge < -0.3 is 0 Å². The molecule has 0 rings (SSSR count). The topological polar surface area (TPSA) is 57.6 Å². The van der Waals surface area contributed by atoms with E-state index < -0.39 is 10.1 Å². The van der Waals surface area contributed by atoms with Gasteiger partial charge in [0, 0.05) is 13.1 Å². The van der Waals surface area contributed by atoms with Crippen LogP contribution in [0.1, 0.15) is 104 Å². The van der Waals surface area contributed by atoms with Crippen molar-refractivity contribution in [2.24, 2.45) is 0 Å². The third-order valence-corrected chi connectivity index (χ3v) is 5.95. The summed E-state index contributed by atoms with van der Waals surface area (Å²) in [6.07, 6.45) is 26.8. The number of nitrogens with zero attached hydrogens (tertiary/aromatic N) is 1. The van der Waals surface area contributed by atoms with Crippen molar-refractivity contribution in [1.29, 1.82) is 0 Å². The smallest absolute Gasteiger partial charge is 0.266 e. The Morgan fingerprint density at radius 3 is 1.76 bits per heavy atom. The van der Waals surface area contributed by atoms with Crippen LogP contribution in [-0.2, 0) is 10.1 Å². The molecule has 0 spiro atoms. The van der Waals surface area contributed by atoms with Crippen molar-refractivity contribution in [3.8, 4) is 0 Å². The van der Waals surface area contributed by atoms with E-state index in [-0.39, 0.29) is 5.75 Å². The van der Waals surface area contributed by atoms with E-state index in [0.717, 1.165) is 19.5 Å². The van der Waals surface area contributed by atoms with Crippen LogP contribution < -0.4 is 0 Å². The zero-order valence-corrected chi connectivity index (χ0v) is 20.0. The summed E-state index contributed by atoms with van der Waals surface area (Å²) in [6, 6.07) is 0. The number of allylic oxidation sites excluding steroid dienone is 3. The second kappa shape index (κ2) is 20.6. The Hall–Kier alpha value is -0.650. The molecule has 0 saturated heterocycles. The Bertz CT molecular complexity index is 500. The average molecular weight is 430 g/mol. The highest BCUT2D eigenvalue weighted by Crippen LogP contribution is 2.10. The van der Waals surface area contributed by atoms with Crippen LogP contribution in [0.5, 0.6) is 0 Å². The maximum absolute atomic E-state index is 10.9. The molecule has 0 aliphatic heterocycles. The molecule has 172 valence electrons. The van der Waals surface area contributed by atoms with Gasteiger partial charge in [0.2, 0.25) is 0 Å². The van der Waals surface area contributed by atoms with Gasteiger partial charge in [0.25, 0.3) is 10.1 Å². The molecule has 4 nitrogen and oxygen atoms in total. The zero-order chi connectivity index (χ0) is 21.6. The molecule has 0 amide bonds. The van der Waals surface area contributed by atoms with Crippen molar-refractivity contribution in [3.05, 3.63) is 24.3 Å².